The van der Waals surface area contributed by atoms with E-state index in [9.17, 15) is 0 Å². The van der Waals surface area contributed by atoms with Gasteiger partial charge in [-0.15, -0.1) is 0 Å². The maximum Gasteiger partial charge on any atom is 0.146 e. The molecular weight excluding hydrogens is 280 g/mol. The van der Waals surface area contributed by atoms with Gasteiger partial charge in [0.15, 0.2) is 0 Å². The molecule has 0 spiro atoms. The van der Waals surface area contributed by atoms with Gasteiger partial charge in [0.1, 0.15) is 17.7 Å². The molecule has 2 heterocycles. The van der Waals surface area contributed by atoms with Gasteiger partial charge in [0.05, 0.1) is 25.9 Å². The first-order chi connectivity index (χ1) is 10.9. The molecule has 1 unspecified atom stereocenters. The molecule has 112 valence electrons. The second-order valence-corrected chi connectivity index (χ2v) is 4.59. The van der Waals surface area contributed by atoms with Crippen molar-refractivity contribution in [1.82, 2.24) is 15.0 Å². The number of rotatable bonds is 6. The summed E-state index contributed by atoms with van der Waals surface area (Å²) in [5, 5.41) is 4.24. The highest BCUT2D eigenvalue weighted by atomic mass is 16.5. The van der Waals surface area contributed by atoms with E-state index in [4.69, 9.17) is 9.15 Å². The number of nitrogens with zero attached hydrogens (tertiary/aromatic N) is 3. The summed E-state index contributed by atoms with van der Waals surface area (Å²) in [6.07, 6.45) is 8.42. The normalized spacial score (nSPS) is 12.4. The van der Waals surface area contributed by atoms with Crippen LogP contribution < -0.4 is 10.2 Å². The summed E-state index contributed by atoms with van der Waals surface area (Å²) >= 11 is 0. The van der Waals surface area contributed by atoms with Gasteiger partial charge in [0.25, 0.3) is 0 Å². The highest BCUT2D eigenvalue weighted by molar-refractivity contribution is 5.75. The number of imidazole rings is 1. The Morgan fingerprint density at radius 3 is 2.82 bits per heavy atom. The zero-order valence-corrected chi connectivity index (χ0v) is 12.1. The summed E-state index contributed by atoms with van der Waals surface area (Å²) in [6, 6.07) is 11.5. The van der Waals surface area contributed by atoms with Gasteiger partial charge >= 0.3 is 0 Å². The van der Waals surface area contributed by atoms with E-state index in [-0.39, 0.29) is 6.17 Å². The Hall–Kier alpha value is -3.02. The number of hydrogen-bond acceptors (Lipinski definition) is 5. The molecule has 6 heteroatoms. The lowest BCUT2D eigenvalue weighted by molar-refractivity contribution is 0.413. The third kappa shape index (κ3) is 3.17. The van der Waals surface area contributed by atoms with Crippen molar-refractivity contribution < 1.29 is 9.15 Å². The predicted octanol–water partition coefficient (Wildman–Crippen LogP) is 2.66. The first-order valence-corrected chi connectivity index (χ1v) is 6.80. The first-order valence-electron chi connectivity index (χ1n) is 6.80. The minimum atomic E-state index is -0.167. The van der Waals surface area contributed by atoms with Crippen molar-refractivity contribution in [3.63, 3.8) is 0 Å². The van der Waals surface area contributed by atoms with Gasteiger partial charge < -0.3 is 13.7 Å². The average Bonchev–Trinajstić information content (AvgIpc) is 3.25. The molecule has 0 saturated carbocycles. The third-order valence-corrected chi connectivity index (χ3v) is 3.19. The highest BCUT2D eigenvalue weighted by Gasteiger charge is 2.11. The molecule has 0 aliphatic carbocycles. The Morgan fingerprint density at radius 1 is 1.32 bits per heavy atom. The van der Waals surface area contributed by atoms with Gasteiger partial charge in [-0.3, -0.25) is 5.43 Å². The van der Waals surface area contributed by atoms with Crippen LogP contribution in [0.25, 0.3) is 0 Å². The summed E-state index contributed by atoms with van der Waals surface area (Å²) in [6.45, 7) is 0. The van der Waals surface area contributed by atoms with Crippen LogP contribution in [0.4, 0.5) is 0 Å². The quantitative estimate of drug-likeness (QED) is 0.561. The number of nitrogens with one attached hydrogen (secondary N) is 1. The predicted molar refractivity (Wildman–Crippen MR) is 82.8 cm³/mol. The van der Waals surface area contributed by atoms with Crippen molar-refractivity contribution in [2.45, 2.75) is 6.17 Å². The molecule has 3 rings (SSSR count). The Bertz CT molecular complexity index is 703. The van der Waals surface area contributed by atoms with E-state index in [1.807, 2.05) is 47.2 Å². The second-order valence-electron chi connectivity index (χ2n) is 4.59. The summed E-state index contributed by atoms with van der Waals surface area (Å²) < 4.78 is 12.3. The smallest absolute Gasteiger partial charge is 0.146 e. The lowest BCUT2D eigenvalue weighted by atomic mass is 10.1. The zero-order chi connectivity index (χ0) is 15.2. The molecule has 0 saturated heterocycles. The number of aromatic nitrogens is 2. The molecule has 6 nitrogen and oxygen atoms in total. The molecule has 1 N–H and O–H groups in total. The van der Waals surface area contributed by atoms with Gasteiger partial charge in [-0.25, -0.2) is 4.98 Å². The monoisotopic (exact) mass is 296 g/mol. The molecule has 22 heavy (non-hydrogen) atoms. The number of hydrogen-bond donors (Lipinski definition) is 1. The van der Waals surface area contributed by atoms with Gasteiger partial charge in [-0.2, -0.15) is 5.10 Å². The zero-order valence-electron chi connectivity index (χ0n) is 12.1. The van der Waals surface area contributed by atoms with Crippen LogP contribution in [0.5, 0.6) is 5.75 Å². The van der Waals surface area contributed by atoms with Crippen molar-refractivity contribution in [1.29, 1.82) is 0 Å². The fourth-order valence-corrected chi connectivity index (χ4v) is 2.06. The van der Waals surface area contributed by atoms with E-state index in [1.165, 1.54) is 0 Å². The van der Waals surface area contributed by atoms with Gasteiger partial charge in [-0.05, 0) is 29.8 Å². The molecule has 1 aromatic carbocycles. The second kappa shape index (κ2) is 6.62. The number of ether oxygens (including phenoxy) is 1. The average molecular weight is 296 g/mol. The molecule has 0 fully saturated rings. The van der Waals surface area contributed by atoms with Crippen molar-refractivity contribution in [2.75, 3.05) is 7.11 Å². The molecule has 1 atom stereocenters. The van der Waals surface area contributed by atoms with Crippen LogP contribution in [-0.2, 0) is 0 Å². The molecule has 0 aliphatic heterocycles. The summed E-state index contributed by atoms with van der Waals surface area (Å²) in [4.78, 5) is 4.09. The minimum Gasteiger partial charge on any atom is -0.497 e. The van der Waals surface area contributed by atoms with E-state index < -0.39 is 0 Å². The van der Waals surface area contributed by atoms with Crippen LogP contribution in [0, 0.1) is 0 Å². The number of furan rings is 1. The van der Waals surface area contributed by atoms with E-state index in [0.29, 0.717) is 5.76 Å². The van der Waals surface area contributed by atoms with Crippen LogP contribution in [0.3, 0.4) is 0 Å². The van der Waals surface area contributed by atoms with Crippen molar-refractivity contribution in [2.24, 2.45) is 5.10 Å². The van der Waals surface area contributed by atoms with Gasteiger partial charge in [-0.1, -0.05) is 12.1 Å². The van der Waals surface area contributed by atoms with Crippen molar-refractivity contribution in [3.8, 4) is 5.75 Å². The standard InChI is InChI=1S/C16H16N4O2/c1-21-14-6-4-13(5-7-14)16(20-9-8-17-12-20)19-18-11-15-3-2-10-22-15/h2-12,16,19H,1H3. The number of benzene rings is 1. The molecule has 3 aromatic rings. The van der Waals surface area contributed by atoms with Crippen LogP contribution in [0.15, 0.2) is 70.9 Å². The fourth-order valence-electron chi connectivity index (χ4n) is 2.06. The summed E-state index contributed by atoms with van der Waals surface area (Å²) in [7, 11) is 1.65. The Kier molecular flexibility index (Phi) is 4.20. The molecule has 0 bridgehead atoms. The lowest BCUT2D eigenvalue weighted by Crippen LogP contribution is -2.22. The topological polar surface area (TPSA) is 64.6 Å². The molecule has 0 aliphatic rings. The molecule has 0 amide bonds. The molecule has 2 aromatic heterocycles. The van der Waals surface area contributed by atoms with Crippen molar-refractivity contribution >= 4 is 6.21 Å². The van der Waals surface area contributed by atoms with Gasteiger partial charge in [0, 0.05) is 12.4 Å². The first kappa shape index (κ1) is 13.9. The Balaban J connectivity index is 1.80. The number of hydrazone groups is 1. The third-order valence-electron chi connectivity index (χ3n) is 3.19. The van der Waals surface area contributed by atoms with E-state index in [1.54, 1.807) is 32.1 Å². The van der Waals surface area contributed by atoms with Crippen molar-refractivity contribution in [3.05, 3.63) is 72.7 Å². The Labute approximate surface area is 128 Å². The lowest BCUT2D eigenvalue weighted by Gasteiger charge is -2.18. The minimum absolute atomic E-state index is 0.167. The fraction of sp³-hybridized carbons (Fsp3) is 0.125. The van der Waals surface area contributed by atoms with Crippen LogP contribution in [-0.4, -0.2) is 22.9 Å². The summed E-state index contributed by atoms with van der Waals surface area (Å²) in [5.41, 5.74) is 4.14. The maximum atomic E-state index is 5.22. The van der Waals surface area contributed by atoms with E-state index in [2.05, 4.69) is 15.5 Å². The van der Waals surface area contributed by atoms with Crippen LogP contribution in [0.2, 0.25) is 0 Å². The van der Waals surface area contributed by atoms with Gasteiger partial charge in [0.2, 0.25) is 0 Å². The highest BCUT2D eigenvalue weighted by Crippen LogP contribution is 2.19. The summed E-state index contributed by atoms with van der Waals surface area (Å²) in [5.74, 6) is 1.50. The van der Waals surface area contributed by atoms with Crippen LogP contribution in [0.1, 0.15) is 17.5 Å². The largest absolute Gasteiger partial charge is 0.497 e. The molecule has 0 radical (unpaired) electrons. The van der Waals surface area contributed by atoms with E-state index in [0.717, 1.165) is 11.3 Å². The number of methoxy groups -OCH3 is 1. The Morgan fingerprint density at radius 2 is 2.18 bits per heavy atom. The maximum absolute atomic E-state index is 5.22. The van der Waals surface area contributed by atoms with Crippen LogP contribution >= 0.6 is 0 Å². The van der Waals surface area contributed by atoms with E-state index >= 15 is 0 Å². The SMILES string of the molecule is COc1ccc(C(NN=Cc2ccco2)n2ccnc2)cc1. The molecular formula is C16H16N4O2.